The molecule has 11 rings (SSSR count). The summed E-state index contributed by atoms with van der Waals surface area (Å²) in [5.74, 6) is -0.360. The Labute approximate surface area is 430 Å². The van der Waals surface area contributed by atoms with Crippen LogP contribution in [0.5, 0.6) is 11.5 Å². The van der Waals surface area contributed by atoms with E-state index in [4.69, 9.17) is 34.3 Å². The molecule has 1 fully saturated rings. The maximum Gasteiger partial charge on any atom is 0.490 e. The van der Waals surface area contributed by atoms with Crippen LogP contribution >= 0.6 is 23.5 Å². The van der Waals surface area contributed by atoms with Gasteiger partial charge in [-0.2, -0.15) is 8.62 Å². The van der Waals surface area contributed by atoms with Crippen LogP contribution in [0.4, 0.5) is 16.3 Å². The van der Waals surface area contributed by atoms with Crippen LogP contribution in [0.15, 0.2) is 43.0 Å². The lowest BCUT2D eigenvalue weighted by atomic mass is 9.81. The molecule has 2 aromatic heterocycles. The number of benzene rings is 3. The summed E-state index contributed by atoms with van der Waals surface area (Å²) in [4.78, 5) is 92.6. The van der Waals surface area contributed by atoms with Crippen LogP contribution in [-0.4, -0.2) is 131 Å². The number of aliphatic hydroxyl groups excluding tert-OH is 1. The van der Waals surface area contributed by atoms with E-state index in [1.54, 1.807) is 6.07 Å². The van der Waals surface area contributed by atoms with Crippen LogP contribution in [0, 0.1) is 0 Å². The monoisotopic (exact) mass is 1110 g/mol. The third kappa shape index (κ3) is 9.91. The third-order valence-corrected chi connectivity index (χ3v) is 18.0. The number of nitrogens with zero attached hydrogens (tertiary/aromatic N) is 6. The van der Waals surface area contributed by atoms with E-state index in [1.807, 2.05) is 0 Å². The molecule has 0 spiro atoms. The number of carbonyl (C=O) groups excluding carboxylic acids is 2. The summed E-state index contributed by atoms with van der Waals surface area (Å²) >= 11 is 0. The summed E-state index contributed by atoms with van der Waals surface area (Å²) < 4.78 is 69.9. The molecule has 0 radical (unpaired) electrons. The van der Waals surface area contributed by atoms with Crippen molar-refractivity contribution in [3.8, 4) is 11.5 Å². The Morgan fingerprint density at radius 1 is 0.842 bits per heavy atom. The molecule has 2 amide bonds. The molecule has 2 unspecified atom stereocenters. The minimum atomic E-state index is -5.89. The minimum absolute atomic E-state index is 0.00278. The van der Waals surface area contributed by atoms with Crippen molar-refractivity contribution in [2.24, 2.45) is 0 Å². The highest BCUT2D eigenvalue weighted by Crippen LogP contribution is 2.66. The van der Waals surface area contributed by atoms with E-state index in [1.165, 1.54) is 45.2 Å². The number of amides is 2. The molecular weight excluding hydrogens is 1060 g/mol. The second-order valence-electron chi connectivity index (χ2n) is 19.0. The largest absolute Gasteiger partial charge is 0.490 e. The van der Waals surface area contributed by atoms with Gasteiger partial charge in [0, 0.05) is 77.8 Å². The third-order valence-electron chi connectivity index (χ3n) is 14.2. The number of imidazole rings is 1. The summed E-state index contributed by atoms with van der Waals surface area (Å²) in [7, 11) is -17.3. The van der Waals surface area contributed by atoms with Gasteiger partial charge >= 0.3 is 35.5 Å². The molecule has 1 saturated heterocycles. The number of anilines is 2. The van der Waals surface area contributed by atoms with Crippen molar-refractivity contribution in [2.45, 2.75) is 75.9 Å². The molecule has 30 heteroatoms. The van der Waals surface area contributed by atoms with Gasteiger partial charge in [-0.05, 0) is 80.0 Å². The number of rotatable bonds is 15. The molecule has 402 valence electrons. The number of hydrogen-bond donors (Lipinski definition) is 9. The number of phosphoric ester groups is 1. The highest BCUT2D eigenvalue weighted by molar-refractivity contribution is 7.66. The Kier molecular flexibility index (Phi) is 13.7. The van der Waals surface area contributed by atoms with Gasteiger partial charge < -0.3 is 65.3 Å². The molecular formula is C46H51N9O18P3+. The number of carbonyl (C=O) groups is 3. The first-order chi connectivity index (χ1) is 36.2. The predicted octanol–water partition coefficient (Wildman–Crippen LogP) is 1.67. The van der Waals surface area contributed by atoms with Crippen molar-refractivity contribution in [2.75, 3.05) is 56.5 Å². The summed E-state index contributed by atoms with van der Waals surface area (Å²) in [6, 6.07) is 8.73. The van der Waals surface area contributed by atoms with Crippen molar-refractivity contribution in [3.63, 3.8) is 0 Å². The topological polar surface area (TPSA) is 379 Å². The van der Waals surface area contributed by atoms with Crippen LogP contribution in [0.3, 0.4) is 0 Å². The molecule has 27 nitrogen and oxygen atoms in total. The number of hydrogen-bond acceptors (Lipinski definition) is 18. The van der Waals surface area contributed by atoms with E-state index < -0.39 is 72.6 Å². The molecule has 5 aromatic rings. The van der Waals surface area contributed by atoms with E-state index in [-0.39, 0.29) is 41.2 Å². The molecule has 8 heterocycles. The first-order valence-corrected chi connectivity index (χ1v) is 28.8. The van der Waals surface area contributed by atoms with Gasteiger partial charge in [-0.1, -0.05) is 0 Å². The van der Waals surface area contributed by atoms with E-state index in [2.05, 4.69) is 55.8 Å². The van der Waals surface area contributed by atoms with Crippen molar-refractivity contribution < 1.29 is 85.2 Å². The van der Waals surface area contributed by atoms with Crippen LogP contribution in [0.25, 0.3) is 16.7 Å². The molecule has 3 aromatic carbocycles. The zero-order valence-electron chi connectivity index (χ0n) is 40.1. The lowest BCUT2D eigenvalue weighted by Gasteiger charge is -2.39. The molecule has 0 aliphatic carbocycles. The van der Waals surface area contributed by atoms with E-state index in [0.717, 1.165) is 117 Å². The van der Waals surface area contributed by atoms with E-state index in [0.29, 0.717) is 11.1 Å². The molecule has 10 N–H and O–H groups in total. The van der Waals surface area contributed by atoms with Gasteiger partial charge in [-0.25, -0.2) is 42.8 Å². The number of ether oxygens (including phenoxy) is 3. The number of aromatic nitrogens is 4. The number of aryl methyl sites for hydroxylation is 2. The lowest BCUT2D eigenvalue weighted by Crippen LogP contribution is -2.45. The van der Waals surface area contributed by atoms with Crippen LogP contribution in [0.1, 0.15) is 86.0 Å². The second-order valence-corrected chi connectivity index (χ2v) is 23.4. The highest BCUT2D eigenvalue weighted by Gasteiger charge is 2.50. The van der Waals surface area contributed by atoms with E-state index >= 15 is 0 Å². The first-order valence-electron chi connectivity index (χ1n) is 24.3. The summed E-state index contributed by atoms with van der Waals surface area (Å²) in [6.07, 6.45) is 1.56. The average Bonchev–Trinajstić information content (AvgIpc) is 4.06. The molecule has 6 atom stereocenters. The Bertz CT molecular complexity index is 3550. The fourth-order valence-electron chi connectivity index (χ4n) is 11.2. The zero-order chi connectivity index (χ0) is 53.4. The van der Waals surface area contributed by atoms with Gasteiger partial charge in [0.2, 0.25) is 5.36 Å². The number of nitrogen functional groups attached to an aromatic ring is 1. The normalized spacial score (nSPS) is 22.0. The average molecular weight is 1110 g/mol. The van der Waals surface area contributed by atoms with Crippen LogP contribution in [-0.2, 0) is 62.0 Å². The van der Waals surface area contributed by atoms with Crippen molar-refractivity contribution in [3.05, 3.63) is 98.1 Å². The van der Waals surface area contributed by atoms with Gasteiger partial charge in [0.1, 0.15) is 48.6 Å². The number of carboxylic acid groups (broad SMARTS) is 1. The molecule has 0 bridgehead atoms. The van der Waals surface area contributed by atoms with Gasteiger partial charge in [0.15, 0.2) is 23.8 Å². The molecule has 6 aliphatic rings. The number of phosphoric acid groups is 3. The number of nitrogens with two attached hydrogens (primary N) is 1. The fourth-order valence-corrected chi connectivity index (χ4v) is 14.3. The van der Waals surface area contributed by atoms with Gasteiger partial charge in [-0.3, -0.25) is 13.9 Å². The summed E-state index contributed by atoms with van der Waals surface area (Å²) in [5.41, 5.74) is 13.8. The van der Waals surface area contributed by atoms with Crippen molar-refractivity contribution in [1.82, 2.24) is 34.7 Å². The number of alkyl carbamates (subject to hydrolysis) is 1. The van der Waals surface area contributed by atoms with Crippen molar-refractivity contribution >= 4 is 69.7 Å². The Balaban J connectivity index is 0.837. The lowest BCUT2D eigenvalue weighted by molar-refractivity contribution is -0.0522. The van der Waals surface area contributed by atoms with Crippen molar-refractivity contribution in [1.29, 1.82) is 0 Å². The fraction of sp³-hybridized carbons (Fsp3) is 0.413. The zero-order valence-corrected chi connectivity index (χ0v) is 42.8. The number of aliphatic hydroxyl groups is 1. The molecule has 0 saturated carbocycles. The Morgan fingerprint density at radius 3 is 2.36 bits per heavy atom. The quantitative estimate of drug-likeness (QED) is 0.0401. The smallest absolute Gasteiger partial charge is 0.478 e. The number of aromatic carboxylic acids is 1. The van der Waals surface area contributed by atoms with Crippen LogP contribution < -0.4 is 41.2 Å². The van der Waals surface area contributed by atoms with Gasteiger partial charge in [0.05, 0.1) is 24.1 Å². The maximum atomic E-state index is 14.0. The van der Waals surface area contributed by atoms with E-state index in [9.17, 15) is 48.1 Å². The number of nitrogens with one attached hydrogen (secondary N) is 2. The molecule has 76 heavy (non-hydrogen) atoms. The van der Waals surface area contributed by atoms with Crippen LogP contribution in [0.2, 0.25) is 0 Å². The minimum Gasteiger partial charge on any atom is -0.478 e. The SMILES string of the molecule is Nc1ncnc2c1ncn2[C@@H]1O[C@H](COP(=O)(O)OP(=O)(O)OP(=O)(O)O)[C@@H](O)[C@H]1OC(=O)NCCNC(=O)c1ccc(C(=O)O)c(C2=c3cc4c5c(c3Oc3c2cc2c6c3CCCN6CCC2)CCC[N+]=5CCC4)c1. The first kappa shape index (κ1) is 51.9. The van der Waals surface area contributed by atoms with Gasteiger partial charge in [-0.15, -0.1) is 0 Å². The summed E-state index contributed by atoms with van der Waals surface area (Å²) in [6.45, 7) is 2.28. The summed E-state index contributed by atoms with van der Waals surface area (Å²) in [5, 5.41) is 29.4. The Morgan fingerprint density at radius 2 is 1.58 bits per heavy atom. The van der Waals surface area contributed by atoms with Gasteiger partial charge in [0.25, 0.3) is 5.91 Å². The maximum absolute atomic E-state index is 14.0. The standard InChI is InChI=1S/C46H50N9O18P3/c47-41-34-42(51-21-50-41)55(22-52-34)44-40(37(56)32(69-44)20-68-75(64,65)73-76(66,67)72-74(61,62)63)71-46(60)49-12-11-48-43(57)25-9-10-26(45(58)59)29(19-25)33-30-17-23-5-1-13-53-15-3-7-27(35(23)53)38(30)70-39-28-8-4-16-54-14-2-6-24(36(28)54)18-31(33)39/h9-10,17-19,21-22,32,37,40,44,56H,1-8,11-16,20H2,(H8-,47,48,49,50,51,57,58,59,60,61,62,63,64,65,66,67)/p+1/t32-,37-,40-,44-/m1/s1. The number of fused-ring (bicyclic) bond motifs is 5. The Hall–Kier alpha value is -6.18. The highest BCUT2D eigenvalue weighted by atomic mass is 31.3. The second kappa shape index (κ2) is 20.0. The molecule has 6 aliphatic heterocycles. The number of carboxylic acids is 1. The predicted molar refractivity (Wildman–Crippen MR) is 264 cm³/mol.